The van der Waals surface area contributed by atoms with E-state index in [1.165, 1.54) is 23.5 Å². The predicted molar refractivity (Wildman–Crippen MR) is 96.1 cm³/mol. The van der Waals surface area contributed by atoms with Crippen LogP contribution in [-0.4, -0.2) is 74.2 Å². The van der Waals surface area contributed by atoms with Crippen molar-refractivity contribution in [1.29, 1.82) is 0 Å². The Morgan fingerprint density at radius 2 is 1.73 bits per heavy atom. The number of nitrogens with zero attached hydrogens (tertiary/aromatic N) is 3. The van der Waals surface area contributed by atoms with Crippen molar-refractivity contribution in [2.75, 3.05) is 39.8 Å². The van der Waals surface area contributed by atoms with Crippen LogP contribution in [0.4, 0.5) is 4.39 Å². The maximum atomic E-state index is 13.1. The summed E-state index contributed by atoms with van der Waals surface area (Å²) in [7, 11) is -2.02. The van der Waals surface area contributed by atoms with Gasteiger partial charge < -0.3 is 4.90 Å². The van der Waals surface area contributed by atoms with E-state index in [2.05, 4.69) is 9.62 Å². The van der Waals surface area contributed by atoms with Gasteiger partial charge in [-0.1, -0.05) is 12.1 Å². The summed E-state index contributed by atoms with van der Waals surface area (Å²) in [6.45, 7) is 4.43. The zero-order valence-electron chi connectivity index (χ0n) is 15.1. The molecule has 1 aromatic rings. The second kappa shape index (κ2) is 7.59. The molecule has 7 nitrogen and oxygen atoms in total. The molecule has 0 aliphatic carbocycles. The molecule has 26 heavy (non-hydrogen) atoms. The first-order valence-electron chi connectivity index (χ1n) is 8.82. The molecule has 0 aromatic heterocycles. The van der Waals surface area contributed by atoms with Crippen LogP contribution in [0.15, 0.2) is 24.3 Å². The molecule has 2 aliphatic heterocycles. The highest BCUT2D eigenvalue weighted by atomic mass is 32.2. The van der Waals surface area contributed by atoms with Gasteiger partial charge in [-0.15, -0.1) is 0 Å². The monoisotopic (exact) mass is 384 g/mol. The molecule has 2 atom stereocenters. The van der Waals surface area contributed by atoms with E-state index in [0.717, 1.165) is 12.0 Å². The summed E-state index contributed by atoms with van der Waals surface area (Å²) in [6.07, 6.45) is 0.725. The van der Waals surface area contributed by atoms with E-state index in [1.54, 1.807) is 12.1 Å². The van der Waals surface area contributed by atoms with E-state index >= 15 is 0 Å². The molecule has 1 amide bonds. The normalized spacial score (nSPS) is 24.2. The summed E-state index contributed by atoms with van der Waals surface area (Å²) in [5.41, 5.74) is 0.908. The Hall–Kier alpha value is -1.55. The number of amides is 1. The molecule has 0 saturated carbocycles. The van der Waals surface area contributed by atoms with E-state index in [-0.39, 0.29) is 23.8 Å². The molecule has 2 fully saturated rings. The number of benzene rings is 1. The number of carbonyl (C=O) groups is 1. The lowest BCUT2D eigenvalue weighted by molar-refractivity contribution is -0.134. The lowest BCUT2D eigenvalue weighted by Crippen LogP contribution is -2.55. The summed E-state index contributed by atoms with van der Waals surface area (Å²) in [4.78, 5) is 16.8. The number of piperazine rings is 1. The highest BCUT2D eigenvalue weighted by molar-refractivity contribution is 7.87. The molecule has 1 N–H and O–H groups in total. The maximum Gasteiger partial charge on any atom is 0.279 e. The van der Waals surface area contributed by atoms with E-state index in [9.17, 15) is 17.6 Å². The van der Waals surface area contributed by atoms with Gasteiger partial charge in [0.25, 0.3) is 10.2 Å². The standard InChI is InChI=1S/C17H25FN4O3S/c1-13(14-3-5-15(18)6-4-14)22-8-7-16(17(22)23)20-9-11-21(12-10-20)26(24,25)19-2/h3-6,13,16,19H,7-12H2,1-2H3. The third-order valence-electron chi connectivity index (χ3n) is 5.34. The van der Waals surface area contributed by atoms with Crippen LogP contribution in [0.1, 0.15) is 24.9 Å². The van der Waals surface area contributed by atoms with Crippen molar-refractivity contribution >= 4 is 16.1 Å². The molecule has 0 radical (unpaired) electrons. The summed E-state index contributed by atoms with van der Waals surface area (Å²) in [5, 5.41) is 0. The third kappa shape index (κ3) is 3.75. The fourth-order valence-corrected chi connectivity index (χ4v) is 4.62. The second-order valence-corrected chi connectivity index (χ2v) is 8.58. The summed E-state index contributed by atoms with van der Waals surface area (Å²) in [5.74, 6) is -0.229. The van der Waals surface area contributed by atoms with Crippen LogP contribution in [-0.2, 0) is 15.0 Å². The van der Waals surface area contributed by atoms with Crippen molar-refractivity contribution in [1.82, 2.24) is 18.8 Å². The Morgan fingerprint density at radius 1 is 1.12 bits per heavy atom. The van der Waals surface area contributed by atoms with Gasteiger partial charge in [-0.2, -0.15) is 12.7 Å². The van der Waals surface area contributed by atoms with Gasteiger partial charge in [0.2, 0.25) is 5.91 Å². The number of rotatable bonds is 5. The van der Waals surface area contributed by atoms with Crippen LogP contribution in [0, 0.1) is 5.82 Å². The van der Waals surface area contributed by atoms with Crippen LogP contribution in [0.5, 0.6) is 0 Å². The fraction of sp³-hybridized carbons (Fsp3) is 0.588. The fourth-order valence-electron chi connectivity index (χ4n) is 3.72. The highest BCUT2D eigenvalue weighted by Gasteiger charge is 2.40. The minimum atomic E-state index is -3.41. The molecule has 2 unspecified atom stereocenters. The minimum Gasteiger partial charge on any atom is -0.335 e. The molecular weight excluding hydrogens is 359 g/mol. The Kier molecular flexibility index (Phi) is 5.61. The molecule has 144 valence electrons. The van der Waals surface area contributed by atoms with Gasteiger partial charge in [-0.05, 0) is 31.0 Å². The Balaban J connectivity index is 1.62. The lowest BCUT2D eigenvalue weighted by atomic mass is 10.1. The molecule has 1 aromatic carbocycles. The molecule has 2 aliphatic rings. The largest absolute Gasteiger partial charge is 0.335 e. The smallest absolute Gasteiger partial charge is 0.279 e. The van der Waals surface area contributed by atoms with Crippen molar-refractivity contribution < 1.29 is 17.6 Å². The molecule has 9 heteroatoms. The van der Waals surface area contributed by atoms with Gasteiger partial charge >= 0.3 is 0 Å². The lowest BCUT2D eigenvalue weighted by Gasteiger charge is -2.36. The topological polar surface area (TPSA) is 73.0 Å². The average Bonchev–Trinajstić information content (AvgIpc) is 3.03. The van der Waals surface area contributed by atoms with Crippen LogP contribution in [0.2, 0.25) is 0 Å². The van der Waals surface area contributed by atoms with E-state index in [1.807, 2.05) is 11.8 Å². The van der Waals surface area contributed by atoms with Gasteiger partial charge in [-0.3, -0.25) is 9.69 Å². The number of nitrogens with one attached hydrogen (secondary N) is 1. The first-order chi connectivity index (χ1) is 12.3. The molecule has 2 saturated heterocycles. The summed E-state index contributed by atoms with van der Waals surface area (Å²) >= 11 is 0. The van der Waals surface area contributed by atoms with Crippen LogP contribution in [0.25, 0.3) is 0 Å². The van der Waals surface area contributed by atoms with E-state index in [0.29, 0.717) is 32.7 Å². The molecule has 3 rings (SSSR count). The van der Waals surface area contributed by atoms with Crippen molar-refractivity contribution in [3.63, 3.8) is 0 Å². The van der Waals surface area contributed by atoms with Gasteiger partial charge in [0, 0.05) is 39.8 Å². The second-order valence-electron chi connectivity index (χ2n) is 6.71. The Bertz CT molecular complexity index is 748. The predicted octanol–water partition coefficient (Wildman–Crippen LogP) is 0.569. The quantitative estimate of drug-likeness (QED) is 0.806. The first-order valence-corrected chi connectivity index (χ1v) is 10.3. The Morgan fingerprint density at radius 3 is 2.31 bits per heavy atom. The Labute approximate surface area is 153 Å². The van der Waals surface area contributed by atoms with Gasteiger partial charge in [0.05, 0.1) is 12.1 Å². The average molecular weight is 384 g/mol. The SMILES string of the molecule is CNS(=O)(=O)N1CCN(C2CCN(C(C)c3ccc(F)cc3)C2=O)CC1. The van der Waals surface area contributed by atoms with Crippen molar-refractivity contribution in [2.24, 2.45) is 0 Å². The molecule has 0 bridgehead atoms. The summed E-state index contributed by atoms with van der Waals surface area (Å²) in [6, 6.07) is 5.91. The van der Waals surface area contributed by atoms with E-state index < -0.39 is 10.2 Å². The van der Waals surface area contributed by atoms with E-state index in [4.69, 9.17) is 0 Å². The minimum absolute atomic E-state index is 0.0618. The van der Waals surface area contributed by atoms with Crippen LogP contribution in [0.3, 0.4) is 0 Å². The van der Waals surface area contributed by atoms with Crippen LogP contribution >= 0.6 is 0 Å². The van der Waals surface area contributed by atoms with Crippen molar-refractivity contribution in [2.45, 2.75) is 25.4 Å². The van der Waals surface area contributed by atoms with Crippen molar-refractivity contribution in [3.05, 3.63) is 35.6 Å². The zero-order chi connectivity index (χ0) is 18.9. The van der Waals surface area contributed by atoms with Gasteiger partial charge in [-0.25, -0.2) is 9.11 Å². The number of carbonyl (C=O) groups excluding carboxylic acids is 1. The first kappa shape index (κ1) is 19.2. The summed E-state index contributed by atoms with van der Waals surface area (Å²) < 4.78 is 40.6. The zero-order valence-corrected chi connectivity index (χ0v) is 15.9. The van der Waals surface area contributed by atoms with Crippen molar-refractivity contribution in [3.8, 4) is 0 Å². The van der Waals surface area contributed by atoms with Crippen LogP contribution < -0.4 is 4.72 Å². The maximum absolute atomic E-state index is 13.1. The number of hydrogen-bond acceptors (Lipinski definition) is 4. The van der Waals surface area contributed by atoms with Gasteiger partial charge in [0.15, 0.2) is 0 Å². The van der Waals surface area contributed by atoms with Gasteiger partial charge in [0.1, 0.15) is 5.82 Å². The number of likely N-dealkylation sites (tertiary alicyclic amines) is 1. The molecule has 2 heterocycles. The molecular formula is C17H25FN4O3S. The third-order valence-corrected chi connectivity index (χ3v) is 6.90. The number of hydrogen-bond donors (Lipinski definition) is 1. The molecule has 0 spiro atoms. The number of halogens is 1. The highest BCUT2D eigenvalue weighted by Crippen LogP contribution is 2.28.